The van der Waals surface area contributed by atoms with Crippen molar-refractivity contribution in [2.24, 2.45) is 0 Å². The molecule has 1 unspecified atom stereocenters. The Morgan fingerprint density at radius 3 is 3.05 bits per heavy atom. The molecule has 0 bridgehead atoms. The number of likely N-dealkylation sites (N-methyl/N-ethyl adjacent to an activating group) is 1. The highest BCUT2D eigenvalue weighted by Gasteiger charge is 2.29. The van der Waals surface area contributed by atoms with Gasteiger partial charge in [-0.3, -0.25) is 19.8 Å². The average Bonchev–Trinajstić information content (AvgIpc) is 2.47. The minimum absolute atomic E-state index is 0.134. The maximum Gasteiger partial charge on any atom is 0.274 e. The summed E-state index contributed by atoms with van der Waals surface area (Å²) in [7, 11) is 1.54. The average molecular weight is 296 g/mol. The second-order valence-electron chi connectivity index (χ2n) is 4.83. The number of carbonyl (C=O) groups excluding carboxylic acids is 1. The van der Waals surface area contributed by atoms with Crippen LogP contribution in [0.1, 0.15) is 5.56 Å². The minimum Gasteiger partial charge on any atom is -0.358 e. The quantitative estimate of drug-likeness (QED) is 0.614. The Bertz CT molecular complexity index is 552. The van der Waals surface area contributed by atoms with Gasteiger partial charge in [-0.2, -0.15) is 0 Å². The third kappa shape index (κ3) is 3.53. The van der Waals surface area contributed by atoms with E-state index in [2.05, 4.69) is 10.6 Å². The smallest absolute Gasteiger partial charge is 0.274 e. The van der Waals surface area contributed by atoms with Gasteiger partial charge in [-0.1, -0.05) is 0 Å². The number of nitrogens with one attached hydrogen (secondary N) is 2. The van der Waals surface area contributed by atoms with Crippen molar-refractivity contribution in [3.63, 3.8) is 0 Å². The first-order chi connectivity index (χ1) is 10.0. The number of nitro benzene ring substituents is 1. The van der Waals surface area contributed by atoms with Gasteiger partial charge in [0.15, 0.2) is 0 Å². The molecule has 0 saturated carbocycles. The summed E-state index contributed by atoms with van der Waals surface area (Å²) in [5.74, 6) is -0.691. The van der Waals surface area contributed by atoms with E-state index in [-0.39, 0.29) is 23.7 Å². The molecule has 1 aromatic rings. The zero-order chi connectivity index (χ0) is 15.4. The van der Waals surface area contributed by atoms with E-state index >= 15 is 0 Å². The molecule has 0 spiro atoms. The van der Waals surface area contributed by atoms with Crippen LogP contribution in [-0.2, 0) is 11.3 Å². The van der Waals surface area contributed by atoms with Crippen molar-refractivity contribution in [1.82, 2.24) is 15.5 Å². The highest BCUT2D eigenvalue weighted by molar-refractivity contribution is 5.81. The number of carbonyl (C=O) groups is 1. The monoisotopic (exact) mass is 296 g/mol. The molecule has 114 valence electrons. The van der Waals surface area contributed by atoms with Crippen LogP contribution in [0.2, 0.25) is 0 Å². The fraction of sp³-hybridized carbons (Fsp3) is 0.462. The van der Waals surface area contributed by atoms with Crippen LogP contribution in [0.25, 0.3) is 0 Å². The van der Waals surface area contributed by atoms with Crippen LogP contribution in [-0.4, -0.2) is 48.5 Å². The van der Waals surface area contributed by atoms with Gasteiger partial charge >= 0.3 is 0 Å². The number of nitro groups is 1. The van der Waals surface area contributed by atoms with Gasteiger partial charge in [-0.15, -0.1) is 0 Å². The number of hydrogen-bond acceptors (Lipinski definition) is 5. The summed E-state index contributed by atoms with van der Waals surface area (Å²) in [6.45, 7) is 1.86. The van der Waals surface area contributed by atoms with Crippen molar-refractivity contribution in [2.45, 2.75) is 12.6 Å². The summed E-state index contributed by atoms with van der Waals surface area (Å²) < 4.78 is 13.4. The van der Waals surface area contributed by atoms with Crippen LogP contribution in [0, 0.1) is 15.9 Å². The normalized spacial score (nSPS) is 19.2. The molecule has 1 amide bonds. The molecule has 0 aromatic heterocycles. The number of halogens is 1. The van der Waals surface area contributed by atoms with E-state index in [0.717, 1.165) is 18.2 Å². The van der Waals surface area contributed by atoms with E-state index in [1.54, 1.807) is 7.05 Å². The molecule has 1 fully saturated rings. The summed E-state index contributed by atoms with van der Waals surface area (Å²) in [6.07, 6.45) is 0. The third-order valence-corrected chi connectivity index (χ3v) is 3.51. The van der Waals surface area contributed by atoms with Crippen LogP contribution in [0.4, 0.5) is 10.1 Å². The lowest BCUT2D eigenvalue weighted by atomic mass is 10.1. The van der Waals surface area contributed by atoms with Gasteiger partial charge in [-0.25, -0.2) is 4.39 Å². The van der Waals surface area contributed by atoms with Gasteiger partial charge in [0.05, 0.1) is 4.92 Å². The first-order valence-corrected chi connectivity index (χ1v) is 6.62. The Hall–Kier alpha value is -2.06. The predicted molar refractivity (Wildman–Crippen MR) is 74.2 cm³/mol. The van der Waals surface area contributed by atoms with Crippen LogP contribution in [0.5, 0.6) is 0 Å². The van der Waals surface area contributed by atoms with Gasteiger partial charge in [0.25, 0.3) is 5.69 Å². The highest BCUT2D eigenvalue weighted by Crippen LogP contribution is 2.22. The zero-order valence-corrected chi connectivity index (χ0v) is 11.6. The summed E-state index contributed by atoms with van der Waals surface area (Å²) in [5.41, 5.74) is 0.140. The van der Waals surface area contributed by atoms with Crippen molar-refractivity contribution in [2.75, 3.05) is 26.7 Å². The van der Waals surface area contributed by atoms with E-state index in [4.69, 9.17) is 0 Å². The molecule has 8 heteroatoms. The van der Waals surface area contributed by atoms with E-state index < -0.39 is 16.8 Å². The second kappa shape index (κ2) is 6.59. The molecule has 1 heterocycles. The summed E-state index contributed by atoms with van der Waals surface area (Å²) >= 11 is 0. The van der Waals surface area contributed by atoms with E-state index in [9.17, 15) is 19.3 Å². The molecule has 0 radical (unpaired) electrons. The van der Waals surface area contributed by atoms with E-state index in [1.807, 2.05) is 4.90 Å². The van der Waals surface area contributed by atoms with Gasteiger partial charge in [0, 0.05) is 44.9 Å². The van der Waals surface area contributed by atoms with Crippen LogP contribution >= 0.6 is 0 Å². The number of rotatable bonds is 4. The number of piperazine rings is 1. The van der Waals surface area contributed by atoms with Crippen molar-refractivity contribution in [1.29, 1.82) is 0 Å². The van der Waals surface area contributed by atoms with Gasteiger partial charge in [-0.05, 0) is 12.1 Å². The summed E-state index contributed by atoms with van der Waals surface area (Å²) in [6, 6.07) is 2.95. The lowest BCUT2D eigenvalue weighted by Gasteiger charge is -2.34. The van der Waals surface area contributed by atoms with Crippen LogP contribution in [0.15, 0.2) is 18.2 Å². The van der Waals surface area contributed by atoms with Gasteiger partial charge < -0.3 is 10.6 Å². The predicted octanol–water partition coefficient (Wildman–Crippen LogP) is 0.254. The Morgan fingerprint density at radius 1 is 1.62 bits per heavy atom. The fourth-order valence-corrected chi connectivity index (χ4v) is 2.44. The summed E-state index contributed by atoms with van der Waals surface area (Å²) in [5, 5.41) is 16.7. The van der Waals surface area contributed by atoms with Crippen molar-refractivity contribution >= 4 is 11.6 Å². The van der Waals surface area contributed by atoms with Gasteiger partial charge in [0.1, 0.15) is 11.9 Å². The summed E-state index contributed by atoms with van der Waals surface area (Å²) in [4.78, 5) is 24.2. The molecular formula is C13H17FN4O3. The maximum atomic E-state index is 13.4. The molecule has 2 N–H and O–H groups in total. The number of nitrogens with zero attached hydrogens (tertiary/aromatic N) is 2. The number of benzene rings is 1. The van der Waals surface area contributed by atoms with E-state index in [1.165, 1.54) is 0 Å². The van der Waals surface area contributed by atoms with Crippen LogP contribution in [0.3, 0.4) is 0 Å². The molecule has 2 rings (SSSR count). The van der Waals surface area contributed by atoms with Crippen molar-refractivity contribution < 1.29 is 14.1 Å². The second-order valence-corrected chi connectivity index (χ2v) is 4.83. The molecule has 1 atom stereocenters. The number of hydrogen-bond donors (Lipinski definition) is 2. The first kappa shape index (κ1) is 15.3. The SMILES string of the molecule is CNC(=O)C1CNCCN1Cc1cc(F)ccc1[N+](=O)[O-]. The lowest BCUT2D eigenvalue weighted by Crippen LogP contribution is -2.56. The largest absolute Gasteiger partial charge is 0.358 e. The first-order valence-electron chi connectivity index (χ1n) is 6.62. The van der Waals surface area contributed by atoms with Crippen LogP contribution < -0.4 is 10.6 Å². The van der Waals surface area contributed by atoms with Crippen molar-refractivity contribution in [3.8, 4) is 0 Å². The molecule has 1 saturated heterocycles. The third-order valence-electron chi connectivity index (χ3n) is 3.51. The minimum atomic E-state index is -0.536. The maximum absolute atomic E-state index is 13.4. The highest BCUT2D eigenvalue weighted by atomic mass is 19.1. The van der Waals surface area contributed by atoms with Gasteiger partial charge in [0.2, 0.25) is 5.91 Å². The van der Waals surface area contributed by atoms with Crippen molar-refractivity contribution in [3.05, 3.63) is 39.7 Å². The topological polar surface area (TPSA) is 87.5 Å². The molecule has 0 aliphatic carbocycles. The molecule has 1 aliphatic heterocycles. The number of amides is 1. The molecular weight excluding hydrogens is 279 g/mol. The van der Waals surface area contributed by atoms with E-state index in [0.29, 0.717) is 19.6 Å². The Kier molecular flexibility index (Phi) is 4.81. The Balaban J connectivity index is 2.24. The molecule has 21 heavy (non-hydrogen) atoms. The zero-order valence-electron chi connectivity index (χ0n) is 11.6. The fourth-order valence-electron chi connectivity index (χ4n) is 2.44. The Labute approximate surface area is 121 Å². The molecule has 1 aromatic carbocycles. The molecule has 1 aliphatic rings. The standard InChI is InChI=1S/C13H17FN4O3/c1-15-13(19)12-7-16-4-5-17(12)8-9-6-10(14)2-3-11(9)18(20)21/h2-3,6,12,16H,4-5,7-8H2,1H3,(H,15,19). The Morgan fingerprint density at radius 2 is 2.38 bits per heavy atom. The molecule has 7 nitrogen and oxygen atoms in total. The lowest BCUT2D eigenvalue weighted by molar-refractivity contribution is -0.385.